The van der Waals surface area contributed by atoms with Gasteiger partial charge in [0.1, 0.15) is 5.76 Å². The minimum Gasteiger partial charge on any atom is -0.490 e. The molecule has 3 aromatic heterocycles. The number of nitrogens with zero attached hydrogens (tertiary/aromatic N) is 5. The third-order valence-electron chi connectivity index (χ3n) is 2.47. The molecule has 0 atom stereocenters. The second-order valence-corrected chi connectivity index (χ2v) is 4.21. The van der Waals surface area contributed by atoms with Crippen LogP contribution in [0, 0.1) is 6.92 Å². The maximum Gasteiger partial charge on any atom is 0.207 e. The molecule has 0 N–H and O–H groups in total. The summed E-state index contributed by atoms with van der Waals surface area (Å²) in [7, 11) is 0. The SMILES string of the molecule is CCOc1cc2nnc(-c3cc(C)on3)n2nc1Cl. The monoisotopic (exact) mass is 279 g/mol. The third-order valence-corrected chi connectivity index (χ3v) is 2.73. The summed E-state index contributed by atoms with van der Waals surface area (Å²) in [6, 6.07) is 3.44. The highest BCUT2D eigenvalue weighted by Gasteiger charge is 2.16. The van der Waals surface area contributed by atoms with Crippen molar-refractivity contribution in [2.75, 3.05) is 6.61 Å². The first-order valence-electron chi connectivity index (χ1n) is 5.67. The fourth-order valence-corrected chi connectivity index (χ4v) is 1.87. The van der Waals surface area contributed by atoms with E-state index in [1.165, 1.54) is 4.52 Å². The van der Waals surface area contributed by atoms with Gasteiger partial charge in [-0.25, -0.2) is 0 Å². The van der Waals surface area contributed by atoms with Crippen LogP contribution >= 0.6 is 11.6 Å². The number of fused-ring (bicyclic) bond motifs is 1. The van der Waals surface area contributed by atoms with E-state index in [0.29, 0.717) is 35.3 Å². The Morgan fingerprint density at radius 2 is 2.21 bits per heavy atom. The minimum absolute atomic E-state index is 0.246. The number of hydrogen-bond donors (Lipinski definition) is 0. The van der Waals surface area contributed by atoms with Gasteiger partial charge in [-0.1, -0.05) is 16.8 Å². The van der Waals surface area contributed by atoms with E-state index < -0.39 is 0 Å². The molecular weight excluding hydrogens is 270 g/mol. The molecule has 3 rings (SSSR count). The Hall–Kier alpha value is -2.15. The highest BCUT2D eigenvalue weighted by atomic mass is 35.5. The summed E-state index contributed by atoms with van der Waals surface area (Å²) in [5, 5.41) is 16.4. The fourth-order valence-electron chi connectivity index (χ4n) is 1.68. The molecule has 0 radical (unpaired) electrons. The van der Waals surface area contributed by atoms with Crippen molar-refractivity contribution in [3.63, 3.8) is 0 Å². The maximum atomic E-state index is 6.05. The van der Waals surface area contributed by atoms with Crippen LogP contribution in [0.1, 0.15) is 12.7 Å². The van der Waals surface area contributed by atoms with E-state index in [2.05, 4.69) is 20.5 Å². The lowest BCUT2D eigenvalue weighted by Gasteiger charge is -2.04. The van der Waals surface area contributed by atoms with Gasteiger partial charge in [-0.15, -0.1) is 15.3 Å². The molecule has 3 heterocycles. The van der Waals surface area contributed by atoms with Crippen molar-refractivity contribution >= 4 is 17.2 Å². The maximum absolute atomic E-state index is 6.05. The molecule has 0 aliphatic rings. The molecule has 0 amide bonds. The van der Waals surface area contributed by atoms with Gasteiger partial charge in [0.2, 0.25) is 5.82 Å². The third kappa shape index (κ3) is 2.01. The molecule has 0 aliphatic carbocycles. The molecule has 0 saturated carbocycles. The number of aryl methyl sites for hydroxylation is 1. The lowest BCUT2D eigenvalue weighted by atomic mass is 10.3. The number of aromatic nitrogens is 5. The first-order chi connectivity index (χ1) is 9.19. The Morgan fingerprint density at radius 1 is 1.37 bits per heavy atom. The summed E-state index contributed by atoms with van der Waals surface area (Å²) >= 11 is 6.05. The van der Waals surface area contributed by atoms with Gasteiger partial charge < -0.3 is 9.26 Å². The van der Waals surface area contributed by atoms with E-state index in [1.807, 2.05) is 6.92 Å². The second kappa shape index (κ2) is 4.51. The van der Waals surface area contributed by atoms with Crippen LogP contribution in [0.5, 0.6) is 5.75 Å². The Kier molecular flexibility index (Phi) is 2.83. The smallest absolute Gasteiger partial charge is 0.207 e. The number of rotatable bonds is 3. The first kappa shape index (κ1) is 11.9. The molecule has 0 aliphatic heterocycles. The van der Waals surface area contributed by atoms with Crippen LogP contribution in [0.4, 0.5) is 0 Å². The summed E-state index contributed by atoms with van der Waals surface area (Å²) in [5.74, 6) is 1.63. The largest absolute Gasteiger partial charge is 0.490 e. The van der Waals surface area contributed by atoms with Gasteiger partial charge in [-0.05, 0) is 13.8 Å². The van der Waals surface area contributed by atoms with Crippen molar-refractivity contribution in [3.8, 4) is 17.3 Å². The van der Waals surface area contributed by atoms with E-state index in [4.69, 9.17) is 20.9 Å². The van der Waals surface area contributed by atoms with Crippen molar-refractivity contribution in [2.24, 2.45) is 0 Å². The van der Waals surface area contributed by atoms with Crippen LogP contribution in [-0.4, -0.2) is 31.6 Å². The zero-order valence-corrected chi connectivity index (χ0v) is 11.0. The summed E-state index contributed by atoms with van der Waals surface area (Å²) in [6.45, 7) is 4.17. The molecule has 0 fully saturated rings. The normalized spacial score (nSPS) is 11.1. The number of hydrogen-bond acceptors (Lipinski definition) is 6. The van der Waals surface area contributed by atoms with E-state index in [0.717, 1.165) is 0 Å². The summed E-state index contributed by atoms with van der Waals surface area (Å²) in [6.07, 6.45) is 0. The Labute approximate surface area is 113 Å². The van der Waals surface area contributed by atoms with Crippen LogP contribution < -0.4 is 4.74 Å². The van der Waals surface area contributed by atoms with Gasteiger partial charge >= 0.3 is 0 Å². The van der Waals surface area contributed by atoms with E-state index in [-0.39, 0.29) is 5.15 Å². The topological polar surface area (TPSA) is 78.3 Å². The summed E-state index contributed by atoms with van der Waals surface area (Å²) < 4.78 is 11.9. The van der Waals surface area contributed by atoms with Crippen LogP contribution in [0.15, 0.2) is 16.7 Å². The number of ether oxygens (including phenoxy) is 1. The molecule has 0 bridgehead atoms. The van der Waals surface area contributed by atoms with Gasteiger partial charge in [0.25, 0.3) is 0 Å². The highest BCUT2D eigenvalue weighted by Crippen LogP contribution is 2.25. The van der Waals surface area contributed by atoms with Gasteiger partial charge in [0.05, 0.1) is 6.61 Å². The molecule has 0 saturated heterocycles. The number of halogens is 1. The van der Waals surface area contributed by atoms with Gasteiger partial charge in [-0.3, -0.25) is 0 Å². The lowest BCUT2D eigenvalue weighted by Crippen LogP contribution is -2.00. The summed E-state index contributed by atoms with van der Waals surface area (Å²) in [5.41, 5.74) is 1.08. The van der Waals surface area contributed by atoms with Crippen molar-refractivity contribution in [1.29, 1.82) is 0 Å². The van der Waals surface area contributed by atoms with E-state index >= 15 is 0 Å². The van der Waals surface area contributed by atoms with E-state index in [9.17, 15) is 0 Å². The van der Waals surface area contributed by atoms with E-state index in [1.54, 1.807) is 19.1 Å². The fraction of sp³-hybridized carbons (Fsp3) is 0.273. The highest BCUT2D eigenvalue weighted by molar-refractivity contribution is 6.30. The minimum atomic E-state index is 0.246. The van der Waals surface area contributed by atoms with Crippen LogP contribution in [-0.2, 0) is 0 Å². The van der Waals surface area contributed by atoms with Crippen LogP contribution in [0.3, 0.4) is 0 Å². The zero-order valence-electron chi connectivity index (χ0n) is 10.3. The average Bonchev–Trinajstić information content (AvgIpc) is 2.96. The molecule has 98 valence electrons. The van der Waals surface area contributed by atoms with Crippen LogP contribution in [0.2, 0.25) is 5.15 Å². The molecule has 0 aromatic carbocycles. The molecular formula is C11H10ClN5O2. The zero-order chi connectivity index (χ0) is 13.4. The van der Waals surface area contributed by atoms with Crippen molar-refractivity contribution in [1.82, 2.24) is 25.0 Å². The van der Waals surface area contributed by atoms with Gasteiger partial charge in [0.15, 0.2) is 22.2 Å². The van der Waals surface area contributed by atoms with Gasteiger partial charge in [0, 0.05) is 12.1 Å². The molecule has 7 nitrogen and oxygen atoms in total. The molecule has 0 unspecified atom stereocenters. The van der Waals surface area contributed by atoms with Gasteiger partial charge in [-0.2, -0.15) is 4.52 Å². The predicted molar refractivity (Wildman–Crippen MR) is 67.2 cm³/mol. The average molecular weight is 280 g/mol. The standard InChI is InChI=1S/C11H10ClN5O2/c1-3-18-8-5-9-13-14-11(17(9)15-10(8)12)7-4-6(2)19-16-7/h4-5H,3H2,1-2H3. The van der Waals surface area contributed by atoms with Crippen molar-refractivity contribution in [2.45, 2.75) is 13.8 Å². The molecule has 3 aromatic rings. The Bertz CT molecular complexity index is 736. The summed E-state index contributed by atoms with van der Waals surface area (Å²) in [4.78, 5) is 0. The Morgan fingerprint density at radius 3 is 2.89 bits per heavy atom. The molecule has 0 spiro atoms. The second-order valence-electron chi connectivity index (χ2n) is 3.85. The quantitative estimate of drug-likeness (QED) is 0.731. The predicted octanol–water partition coefficient (Wildman–Crippen LogP) is 2.14. The first-order valence-corrected chi connectivity index (χ1v) is 6.05. The molecule has 8 heteroatoms. The lowest BCUT2D eigenvalue weighted by molar-refractivity contribution is 0.338. The van der Waals surface area contributed by atoms with Crippen LogP contribution in [0.25, 0.3) is 17.2 Å². The van der Waals surface area contributed by atoms with Crippen molar-refractivity contribution in [3.05, 3.63) is 23.0 Å². The van der Waals surface area contributed by atoms with Crippen molar-refractivity contribution < 1.29 is 9.26 Å². The Balaban J connectivity index is 2.16. The molecule has 19 heavy (non-hydrogen) atoms.